The molecule has 3 rings (SSSR count). The third-order valence-corrected chi connectivity index (χ3v) is 5.41. The molecule has 0 bridgehead atoms. The van der Waals surface area contributed by atoms with Crippen LogP contribution in [0.1, 0.15) is 39.0 Å². The Morgan fingerprint density at radius 1 is 1.29 bits per heavy atom. The minimum Gasteiger partial charge on any atom is -0.480 e. The number of aliphatic carboxylic acids is 1. The van der Waals surface area contributed by atoms with Crippen LogP contribution < -0.4 is 5.32 Å². The highest BCUT2D eigenvalue weighted by molar-refractivity contribution is 5.84. The largest absolute Gasteiger partial charge is 0.480 e. The maximum absolute atomic E-state index is 12.6. The van der Waals surface area contributed by atoms with Crippen molar-refractivity contribution in [2.75, 3.05) is 19.8 Å². The molecule has 6 nitrogen and oxygen atoms in total. The molecule has 6 heteroatoms. The second-order valence-corrected chi connectivity index (χ2v) is 6.89. The van der Waals surface area contributed by atoms with E-state index in [1.54, 1.807) is 4.90 Å². The van der Waals surface area contributed by atoms with Gasteiger partial charge in [0.15, 0.2) is 0 Å². The molecule has 2 saturated heterocycles. The van der Waals surface area contributed by atoms with E-state index < -0.39 is 12.0 Å². The van der Waals surface area contributed by atoms with Crippen LogP contribution in [-0.2, 0) is 9.53 Å². The molecule has 3 fully saturated rings. The fraction of sp³-hybridized carbons (Fsp3) is 0.867. The number of hydrogen-bond donors (Lipinski definition) is 2. The lowest BCUT2D eigenvalue weighted by atomic mass is 9.92. The molecular formula is C15H24N2O4. The average Bonchev–Trinajstić information content (AvgIpc) is 2.97. The number of rotatable bonds is 2. The minimum atomic E-state index is -0.864. The number of nitrogens with one attached hydrogen (secondary N) is 1. The molecule has 2 N–H and O–H groups in total. The van der Waals surface area contributed by atoms with Gasteiger partial charge in [-0.2, -0.15) is 0 Å². The van der Waals surface area contributed by atoms with Crippen LogP contribution in [0.4, 0.5) is 4.79 Å². The molecule has 0 radical (unpaired) electrons. The lowest BCUT2D eigenvalue weighted by Crippen LogP contribution is -2.56. The summed E-state index contributed by atoms with van der Waals surface area (Å²) in [4.78, 5) is 25.7. The van der Waals surface area contributed by atoms with Crippen molar-refractivity contribution in [1.29, 1.82) is 0 Å². The molecule has 0 aromatic carbocycles. The third kappa shape index (κ3) is 2.73. The maximum Gasteiger partial charge on any atom is 0.326 e. The van der Waals surface area contributed by atoms with E-state index in [0.29, 0.717) is 25.7 Å². The quantitative estimate of drug-likeness (QED) is 0.808. The molecular weight excluding hydrogens is 272 g/mol. The molecule has 2 aliphatic heterocycles. The molecule has 1 aliphatic carbocycles. The first-order valence-electron chi connectivity index (χ1n) is 7.89. The van der Waals surface area contributed by atoms with E-state index in [-0.39, 0.29) is 17.5 Å². The van der Waals surface area contributed by atoms with Crippen LogP contribution in [0.2, 0.25) is 0 Å². The van der Waals surface area contributed by atoms with Crippen LogP contribution in [-0.4, -0.2) is 53.3 Å². The highest BCUT2D eigenvalue weighted by Gasteiger charge is 2.50. The summed E-state index contributed by atoms with van der Waals surface area (Å²) in [5.41, 5.74) is -0.282. The lowest BCUT2D eigenvalue weighted by Gasteiger charge is -2.36. The Balaban J connectivity index is 1.70. The number of carbonyl (C=O) groups excluding carboxylic acids is 1. The summed E-state index contributed by atoms with van der Waals surface area (Å²) in [6.45, 7) is 3.88. The molecule has 2 amide bonds. The highest BCUT2D eigenvalue weighted by Crippen LogP contribution is 2.42. The normalized spacial score (nSPS) is 34.5. The van der Waals surface area contributed by atoms with Gasteiger partial charge in [0, 0.05) is 25.3 Å². The lowest BCUT2D eigenvalue weighted by molar-refractivity contribution is -0.142. The average molecular weight is 296 g/mol. The van der Waals surface area contributed by atoms with Gasteiger partial charge in [0.25, 0.3) is 0 Å². The third-order valence-electron chi connectivity index (χ3n) is 5.41. The van der Waals surface area contributed by atoms with Gasteiger partial charge in [-0.05, 0) is 44.4 Å². The summed E-state index contributed by atoms with van der Waals surface area (Å²) in [6, 6.07) is -0.873. The number of likely N-dealkylation sites (tertiary alicyclic amines) is 1. The van der Waals surface area contributed by atoms with Gasteiger partial charge in [-0.3, -0.25) is 0 Å². The zero-order valence-corrected chi connectivity index (χ0v) is 12.5. The van der Waals surface area contributed by atoms with Crippen molar-refractivity contribution in [3.8, 4) is 0 Å². The molecule has 0 aromatic rings. The van der Waals surface area contributed by atoms with Crippen LogP contribution >= 0.6 is 0 Å². The van der Waals surface area contributed by atoms with Crippen LogP contribution in [0.15, 0.2) is 0 Å². The molecule has 118 valence electrons. The predicted molar refractivity (Wildman–Crippen MR) is 76.0 cm³/mol. The number of carboxylic acids is 1. The number of carboxylic acid groups (broad SMARTS) is 1. The predicted octanol–water partition coefficient (Wildman–Crippen LogP) is 1.45. The van der Waals surface area contributed by atoms with Gasteiger partial charge >= 0.3 is 12.0 Å². The number of ether oxygens (including phenoxy) is 1. The van der Waals surface area contributed by atoms with Crippen LogP contribution in [0.3, 0.4) is 0 Å². The van der Waals surface area contributed by atoms with Gasteiger partial charge in [0.05, 0.1) is 0 Å². The van der Waals surface area contributed by atoms with Gasteiger partial charge < -0.3 is 20.1 Å². The molecule has 3 aliphatic rings. The summed E-state index contributed by atoms with van der Waals surface area (Å²) < 4.78 is 5.33. The molecule has 1 saturated carbocycles. The van der Waals surface area contributed by atoms with E-state index in [1.165, 1.54) is 0 Å². The Kier molecular flexibility index (Phi) is 3.82. The Labute approximate surface area is 124 Å². The summed E-state index contributed by atoms with van der Waals surface area (Å²) >= 11 is 0. The molecule has 21 heavy (non-hydrogen) atoms. The van der Waals surface area contributed by atoms with Crippen molar-refractivity contribution in [1.82, 2.24) is 10.2 Å². The van der Waals surface area contributed by atoms with Crippen molar-refractivity contribution < 1.29 is 19.4 Å². The summed E-state index contributed by atoms with van der Waals surface area (Å²) in [7, 11) is 0. The SMILES string of the molecule is CC1(NC(=O)N2CC3CCCC3C2C(=O)O)CCOCC1. The first-order chi connectivity index (χ1) is 10.0. The summed E-state index contributed by atoms with van der Waals surface area (Å²) in [5.74, 6) is -0.369. The van der Waals surface area contributed by atoms with Gasteiger partial charge in [-0.1, -0.05) is 6.42 Å². The number of nitrogens with zero attached hydrogens (tertiary/aromatic N) is 1. The Morgan fingerprint density at radius 3 is 2.67 bits per heavy atom. The van der Waals surface area contributed by atoms with Crippen LogP contribution in [0.25, 0.3) is 0 Å². The molecule has 3 unspecified atom stereocenters. The van der Waals surface area contributed by atoms with Crippen LogP contribution in [0, 0.1) is 11.8 Å². The number of fused-ring (bicyclic) bond motifs is 1. The van der Waals surface area contributed by atoms with E-state index in [1.807, 2.05) is 6.92 Å². The molecule has 0 spiro atoms. The van der Waals surface area contributed by atoms with Crippen molar-refractivity contribution in [2.24, 2.45) is 11.8 Å². The molecule has 2 heterocycles. The second kappa shape index (κ2) is 5.48. The highest BCUT2D eigenvalue weighted by atomic mass is 16.5. The summed E-state index contributed by atoms with van der Waals surface area (Å²) in [6.07, 6.45) is 4.61. The van der Waals surface area contributed by atoms with E-state index in [2.05, 4.69) is 5.32 Å². The number of amides is 2. The minimum absolute atomic E-state index is 0.135. The van der Waals surface area contributed by atoms with Crippen LogP contribution in [0.5, 0.6) is 0 Å². The molecule has 3 atom stereocenters. The molecule has 0 aromatic heterocycles. The van der Waals surface area contributed by atoms with Gasteiger partial charge in [0.1, 0.15) is 6.04 Å². The van der Waals surface area contributed by atoms with E-state index in [0.717, 1.165) is 32.1 Å². The number of urea groups is 1. The fourth-order valence-electron chi connectivity index (χ4n) is 4.11. The summed E-state index contributed by atoms with van der Waals surface area (Å²) in [5, 5.41) is 12.6. The van der Waals surface area contributed by atoms with E-state index >= 15 is 0 Å². The maximum atomic E-state index is 12.6. The first kappa shape index (κ1) is 14.6. The van der Waals surface area contributed by atoms with E-state index in [4.69, 9.17) is 4.74 Å². The number of carbonyl (C=O) groups is 2. The first-order valence-corrected chi connectivity index (χ1v) is 7.89. The van der Waals surface area contributed by atoms with Crippen molar-refractivity contribution in [3.05, 3.63) is 0 Å². The smallest absolute Gasteiger partial charge is 0.326 e. The van der Waals surface area contributed by atoms with Gasteiger partial charge in [-0.15, -0.1) is 0 Å². The Hall–Kier alpha value is -1.30. The fourth-order valence-corrected chi connectivity index (χ4v) is 4.11. The van der Waals surface area contributed by atoms with Crippen molar-refractivity contribution >= 4 is 12.0 Å². The Morgan fingerprint density at radius 2 is 2.00 bits per heavy atom. The van der Waals surface area contributed by atoms with E-state index in [9.17, 15) is 14.7 Å². The standard InChI is InChI=1S/C15H24N2O4/c1-15(5-7-21-8-6-15)16-14(20)17-9-10-3-2-4-11(10)12(17)13(18)19/h10-12H,2-9H2,1H3,(H,16,20)(H,18,19). The van der Waals surface area contributed by atoms with Gasteiger partial charge in [0.2, 0.25) is 0 Å². The number of hydrogen-bond acceptors (Lipinski definition) is 3. The monoisotopic (exact) mass is 296 g/mol. The van der Waals surface area contributed by atoms with Crippen molar-refractivity contribution in [3.63, 3.8) is 0 Å². The van der Waals surface area contributed by atoms with Gasteiger partial charge in [-0.25, -0.2) is 9.59 Å². The zero-order valence-electron chi connectivity index (χ0n) is 12.5. The zero-order chi connectivity index (χ0) is 15.0. The second-order valence-electron chi connectivity index (χ2n) is 6.89. The topological polar surface area (TPSA) is 78.9 Å². The van der Waals surface area contributed by atoms with Crippen molar-refractivity contribution in [2.45, 2.75) is 50.6 Å². The Bertz CT molecular complexity index is 433.